The van der Waals surface area contributed by atoms with Gasteiger partial charge in [-0.25, -0.2) is 0 Å². The van der Waals surface area contributed by atoms with Crippen LogP contribution < -0.4 is 5.73 Å². The van der Waals surface area contributed by atoms with Crippen LogP contribution in [-0.4, -0.2) is 15.6 Å². The maximum atomic E-state index is 7.37. The predicted octanol–water partition coefficient (Wildman–Crippen LogP) is 2.67. The molecule has 2 rings (SSSR count). The number of hydrogen-bond acceptors (Lipinski definition) is 3. The molecule has 0 aromatic carbocycles. The van der Waals surface area contributed by atoms with Crippen molar-refractivity contribution in [3.05, 3.63) is 29.3 Å². The summed E-state index contributed by atoms with van der Waals surface area (Å²) in [4.78, 5) is 1.15. The van der Waals surface area contributed by atoms with Gasteiger partial charge in [0.05, 0.1) is 11.4 Å². The van der Waals surface area contributed by atoms with Crippen LogP contribution in [-0.2, 0) is 6.54 Å². The lowest BCUT2D eigenvalue weighted by molar-refractivity contribution is 0.640. The molecule has 0 bridgehead atoms. The highest BCUT2D eigenvalue weighted by atomic mass is 32.1. The van der Waals surface area contributed by atoms with Crippen molar-refractivity contribution in [2.75, 3.05) is 0 Å². The average Bonchev–Trinajstić information content (AvgIpc) is 2.82. The van der Waals surface area contributed by atoms with E-state index in [0.717, 1.165) is 16.3 Å². The van der Waals surface area contributed by atoms with E-state index in [1.807, 2.05) is 16.1 Å². The molecule has 0 radical (unpaired) electrons. The first-order valence-electron chi connectivity index (χ1n) is 5.52. The normalized spacial score (nSPS) is 11.0. The van der Waals surface area contributed by atoms with Crippen molar-refractivity contribution >= 4 is 17.2 Å². The molecule has 90 valence electrons. The molecule has 0 fully saturated rings. The van der Waals surface area contributed by atoms with E-state index in [1.54, 1.807) is 11.3 Å². The van der Waals surface area contributed by atoms with Crippen LogP contribution in [0.3, 0.4) is 0 Å². The fourth-order valence-electron chi connectivity index (χ4n) is 1.73. The molecule has 0 aliphatic rings. The predicted molar refractivity (Wildman–Crippen MR) is 71.5 cm³/mol. The Morgan fingerprint density at radius 1 is 1.59 bits per heavy atom. The minimum atomic E-state index is 0.132. The summed E-state index contributed by atoms with van der Waals surface area (Å²) in [6.07, 6.45) is 0. The van der Waals surface area contributed by atoms with E-state index >= 15 is 0 Å². The Kier molecular flexibility index (Phi) is 3.28. The highest BCUT2D eigenvalue weighted by Gasteiger charge is 2.13. The Balaban J connectivity index is 2.40. The third-order valence-corrected chi connectivity index (χ3v) is 3.39. The molecule has 0 atom stereocenters. The van der Waals surface area contributed by atoms with Gasteiger partial charge in [0.2, 0.25) is 0 Å². The molecule has 3 N–H and O–H groups in total. The minimum Gasteiger partial charge on any atom is -0.386 e. The zero-order valence-electron chi connectivity index (χ0n) is 9.97. The number of nitrogens with one attached hydrogen (secondary N) is 1. The standard InChI is InChI=1S/C12H16N4S/c1-8(2)10-6-9(11-4-3-5-17-11)15-16(10)7-12(13)14/h3-6,8H,7H2,1-2H3,(H3,13,14). The van der Waals surface area contributed by atoms with E-state index in [4.69, 9.17) is 11.1 Å². The van der Waals surface area contributed by atoms with Crippen LogP contribution in [0.15, 0.2) is 23.6 Å². The largest absolute Gasteiger partial charge is 0.386 e. The van der Waals surface area contributed by atoms with E-state index in [1.165, 1.54) is 0 Å². The molecule has 17 heavy (non-hydrogen) atoms. The fourth-order valence-corrected chi connectivity index (χ4v) is 2.41. The molecule has 0 saturated heterocycles. The smallest absolute Gasteiger partial charge is 0.113 e. The van der Waals surface area contributed by atoms with Crippen LogP contribution in [0.25, 0.3) is 10.6 Å². The second-order valence-corrected chi connectivity index (χ2v) is 5.22. The van der Waals surface area contributed by atoms with Gasteiger partial charge in [0.25, 0.3) is 0 Å². The first-order valence-corrected chi connectivity index (χ1v) is 6.40. The second kappa shape index (κ2) is 4.71. The summed E-state index contributed by atoms with van der Waals surface area (Å²) in [5, 5.41) is 13.9. The third-order valence-electron chi connectivity index (χ3n) is 2.50. The van der Waals surface area contributed by atoms with Gasteiger partial charge in [-0.05, 0) is 23.4 Å². The number of aromatic nitrogens is 2. The molecular formula is C12H16N4S. The van der Waals surface area contributed by atoms with Gasteiger partial charge in [-0.2, -0.15) is 5.10 Å². The number of nitrogens with zero attached hydrogens (tertiary/aromatic N) is 2. The van der Waals surface area contributed by atoms with Crippen molar-refractivity contribution in [2.24, 2.45) is 5.73 Å². The van der Waals surface area contributed by atoms with Crippen molar-refractivity contribution in [1.82, 2.24) is 9.78 Å². The van der Waals surface area contributed by atoms with Gasteiger partial charge in [0, 0.05) is 5.69 Å². The Bertz CT molecular complexity index is 511. The summed E-state index contributed by atoms with van der Waals surface area (Å²) >= 11 is 1.67. The summed E-state index contributed by atoms with van der Waals surface area (Å²) in [5.74, 6) is 0.503. The zero-order chi connectivity index (χ0) is 12.4. The highest BCUT2D eigenvalue weighted by Crippen LogP contribution is 2.26. The fraction of sp³-hybridized carbons (Fsp3) is 0.333. The summed E-state index contributed by atoms with van der Waals surface area (Å²) in [6, 6.07) is 6.15. The zero-order valence-corrected chi connectivity index (χ0v) is 10.8. The maximum absolute atomic E-state index is 7.37. The molecule has 2 heterocycles. The van der Waals surface area contributed by atoms with Gasteiger partial charge >= 0.3 is 0 Å². The topological polar surface area (TPSA) is 67.7 Å². The molecule has 2 aromatic heterocycles. The van der Waals surface area contributed by atoms with Crippen molar-refractivity contribution in [1.29, 1.82) is 5.41 Å². The van der Waals surface area contributed by atoms with Gasteiger partial charge in [-0.15, -0.1) is 11.3 Å². The van der Waals surface area contributed by atoms with Gasteiger partial charge in [-0.1, -0.05) is 19.9 Å². The van der Waals surface area contributed by atoms with E-state index in [9.17, 15) is 0 Å². The quantitative estimate of drug-likeness (QED) is 0.645. The molecule has 2 aromatic rings. The van der Waals surface area contributed by atoms with Gasteiger partial charge in [0.15, 0.2) is 0 Å². The number of hydrogen-bond donors (Lipinski definition) is 2. The summed E-state index contributed by atoms with van der Waals surface area (Å²) < 4.78 is 1.82. The average molecular weight is 248 g/mol. The highest BCUT2D eigenvalue weighted by molar-refractivity contribution is 7.13. The van der Waals surface area contributed by atoms with Crippen LogP contribution in [0.2, 0.25) is 0 Å². The molecule has 5 heteroatoms. The van der Waals surface area contributed by atoms with Crippen molar-refractivity contribution < 1.29 is 0 Å². The SMILES string of the molecule is CC(C)c1cc(-c2cccs2)nn1CC(=N)N. The Hall–Kier alpha value is -1.62. The Labute approximate surface area is 105 Å². The van der Waals surface area contributed by atoms with Gasteiger partial charge < -0.3 is 5.73 Å². The summed E-state index contributed by atoms with van der Waals surface area (Å²) in [7, 11) is 0. The van der Waals surface area contributed by atoms with Crippen LogP contribution in [0.1, 0.15) is 25.5 Å². The second-order valence-electron chi connectivity index (χ2n) is 4.27. The van der Waals surface area contributed by atoms with Crippen LogP contribution >= 0.6 is 11.3 Å². The Morgan fingerprint density at radius 3 is 2.88 bits per heavy atom. The Morgan fingerprint density at radius 2 is 2.35 bits per heavy atom. The lowest BCUT2D eigenvalue weighted by Gasteiger charge is -2.08. The van der Waals surface area contributed by atoms with Crippen LogP contribution in [0.5, 0.6) is 0 Å². The molecule has 0 saturated carbocycles. The maximum Gasteiger partial charge on any atom is 0.113 e. The molecule has 0 amide bonds. The first kappa shape index (κ1) is 11.9. The number of amidine groups is 1. The monoisotopic (exact) mass is 248 g/mol. The van der Waals surface area contributed by atoms with Crippen molar-refractivity contribution in [3.63, 3.8) is 0 Å². The molecule has 0 aliphatic carbocycles. The molecule has 4 nitrogen and oxygen atoms in total. The van der Waals surface area contributed by atoms with E-state index < -0.39 is 0 Å². The third kappa shape index (κ3) is 2.55. The lowest BCUT2D eigenvalue weighted by atomic mass is 10.1. The first-order chi connectivity index (χ1) is 8.08. The van der Waals surface area contributed by atoms with Crippen molar-refractivity contribution in [3.8, 4) is 10.6 Å². The van der Waals surface area contributed by atoms with Gasteiger partial charge in [-0.3, -0.25) is 10.1 Å². The molecule has 0 aliphatic heterocycles. The number of thiophene rings is 1. The molecule has 0 spiro atoms. The number of nitrogens with two attached hydrogens (primary N) is 1. The number of rotatable bonds is 4. The van der Waals surface area contributed by atoms with Crippen LogP contribution in [0, 0.1) is 5.41 Å². The lowest BCUT2D eigenvalue weighted by Crippen LogP contribution is -2.20. The van der Waals surface area contributed by atoms with E-state index in [0.29, 0.717) is 12.5 Å². The summed E-state index contributed by atoms with van der Waals surface area (Å²) in [6.45, 7) is 4.59. The minimum absolute atomic E-state index is 0.132. The van der Waals surface area contributed by atoms with Crippen molar-refractivity contribution in [2.45, 2.75) is 26.3 Å². The molecular weight excluding hydrogens is 232 g/mol. The molecule has 0 unspecified atom stereocenters. The van der Waals surface area contributed by atoms with E-state index in [-0.39, 0.29) is 5.84 Å². The van der Waals surface area contributed by atoms with E-state index in [2.05, 4.69) is 31.1 Å². The van der Waals surface area contributed by atoms with Crippen LogP contribution in [0.4, 0.5) is 0 Å². The summed E-state index contributed by atoms with van der Waals surface area (Å²) in [5.41, 5.74) is 7.52. The van der Waals surface area contributed by atoms with Gasteiger partial charge in [0.1, 0.15) is 11.5 Å².